The van der Waals surface area contributed by atoms with Crippen molar-refractivity contribution in [1.82, 2.24) is 4.67 Å². The Labute approximate surface area is 122 Å². The van der Waals surface area contributed by atoms with Crippen LogP contribution in [0.1, 0.15) is 33.3 Å². The minimum atomic E-state index is 0.950. The first-order valence-corrected chi connectivity index (χ1v) is 7.24. The van der Waals surface area contributed by atoms with Crippen LogP contribution in [0.4, 0.5) is 0 Å². The molecule has 0 radical (unpaired) electrons. The molecule has 0 N–H and O–H groups in total. The van der Waals surface area contributed by atoms with Gasteiger partial charge in [-0.2, -0.15) is 0 Å². The van der Waals surface area contributed by atoms with Crippen LogP contribution in [0.2, 0.25) is 0 Å². The molecule has 0 aliphatic rings. The molecule has 19 heavy (non-hydrogen) atoms. The Morgan fingerprint density at radius 3 is 1.95 bits per heavy atom. The van der Waals surface area contributed by atoms with Gasteiger partial charge in [0.05, 0.1) is 0 Å². The first kappa shape index (κ1) is 20.0. The maximum absolute atomic E-state index is 4.04. The number of likely N-dealkylation sites (N-methyl/N-ethyl adjacent to an activating group) is 1. The second kappa shape index (κ2) is 13.1. The van der Waals surface area contributed by atoms with Gasteiger partial charge in [-0.05, 0) is 15.0 Å². The predicted octanol–water partition coefficient (Wildman–Crippen LogP) is 5.54. The Hall–Kier alpha value is -1.33. The molecule has 1 rings (SSSR count). The number of hydrogen-bond donors (Lipinski definition) is 0. The van der Waals surface area contributed by atoms with Gasteiger partial charge >= 0.3 is 0 Å². The average molecular weight is 277 g/mol. The minimum absolute atomic E-state index is 0.950. The fourth-order valence-corrected chi connectivity index (χ4v) is 1.42. The van der Waals surface area contributed by atoms with Gasteiger partial charge in [0.1, 0.15) is 0 Å². The Balaban J connectivity index is 0. The molecule has 106 valence electrons. The molecule has 1 aromatic carbocycles. The number of allylic oxidation sites excluding steroid dienone is 3. The van der Waals surface area contributed by atoms with E-state index in [0.29, 0.717) is 0 Å². The highest BCUT2D eigenvalue weighted by Gasteiger charge is 2.06. The average Bonchev–Trinajstić information content (AvgIpc) is 2.49. The summed E-state index contributed by atoms with van der Waals surface area (Å²) in [6.45, 7) is 15.8. The lowest BCUT2D eigenvalue weighted by Gasteiger charge is -2.18. The SMILES string of the molecule is C=C/C=C(\C(=C)N(C)P)c1ccccc1.CC.CC. The van der Waals surface area contributed by atoms with Crippen molar-refractivity contribution in [2.24, 2.45) is 0 Å². The van der Waals surface area contributed by atoms with Crippen LogP contribution < -0.4 is 0 Å². The lowest BCUT2D eigenvalue weighted by atomic mass is 10.0. The molecule has 1 aromatic rings. The molecule has 0 aliphatic carbocycles. The van der Waals surface area contributed by atoms with Crippen molar-refractivity contribution in [3.8, 4) is 0 Å². The molecular formula is C17H28NP. The van der Waals surface area contributed by atoms with Gasteiger partial charge in [0.25, 0.3) is 0 Å². The zero-order valence-electron chi connectivity index (χ0n) is 13.0. The smallest absolute Gasteiger partial charge is 0.0398 e. The van der Waals surface area contributed by atoms with Crippen molar-refractivity contribution in [2.75, 3.05) is 7.05 Å². The van der Waals surface area contributed by atoms with Crippen LogP contribution >= 0.6 is 9.39 Å². The summed E-state index contributed by atoms with van der Waals surface area (Å²) >= 11 is 0. The van der Waals surface area contributed by atoms with Crippen molar-refractivity contribution in [1.29, 1.82) is 0 Å². The molecule has 0 fully saturated rings. The van der Waals surface area contributed by atoms with Gasteiger partial charge in [0.2, 0.25) is 0 Å². The maximum atomic E-state index is 4.04. The Bertz CT molecular complexity index is 378. The number of nitrogens with zero attached hydrogens (tertiary/aromatic N) is 1. The predicted molar refractivity (Wildman–Crippen MR) is 93.9 cm³/mol. The summed E-state index contributed by atoms with van der Waals surface area (Å²) in [5, 5.41) is 0. The lowest BCUT2D eigenvalue weighted by Crippen LogP contribution is -2.04. The third kappa shape index (κ3) is 7.64. The summed E-state index contributed by atoms with van der Waals surface area (Å²) in [6, 6.07) is 10.2. The summed E-state index contributed by atoms with van der Waals surface area (Å²) in [5.41, 5.74) is 3.19. The van der Waals surface area contributed by atoms with Crippen LogP contribution in [0.5, 0.6) is 0 Å². The van der Waals surface area contributed by atoms with E-state index < -0.39 is 0 Å². The van der Waals surface area contributed by atoms with E-state index in [1.165, 1.54) is 0 Å². The zero-order chi connectivity index (χ0) is 15.3. The molecule has 0 aromatic heterocycles. The van der Waals surface area contributed by atoms with Gasteiger partial charge < -0.3 is 4.67 Å². The molecule has 1 unspecified atom stereocenters. The molecule has 0 spiro atoms. The van der Waals surface area contributed by atoms with E-state index in [2.05, 4.69) is 34.7 Å². The van der Waals surface area contributed by atoms with E-state index in [1.807, 2.05) is 63.7 Å². The van der Waals surface area contributed by atoms with Crippen LogP contribution in [0, 0.1) is 0 Å². The minimum Gasteiger partial charge on any atom is -0.359 e. The lowest BCUT2D eigenvalue weighted by molar-refractivity contribution is 0.738. The van der Waals surface area contributed by atoms with Gasteiger partial charge in [-0.15, -0.1) is 0 Å². The van der Waals surface area contributed by atoms with Crippen LogP contribution in [0.15, 0.2) is 61.3 Å². The van der Waals surface area contributed by atoms with E-state index >= 15 is 0 Å². The second-order valence-electron chi connectivity index (χ2n) is 3.24. The van der Waals surface area contributed by atoms with Gasteiger partial charge in [0.15, 0.2) is 0 Å². The van der Waals surface area contributed by atoms with Gasteiger partial charge in [-0.3, -0.25) is 0 Å². The van der Waals surface area contributed by atoms with E-state index in [1.54, 1.807) is 6.08 Å². The van der Waals surface area contributed by atoms with Crippen molar-refractivity contribution >= 4 is 15.0 Å². The molecule has 0 aliphatic heterocycles. The summed E-state index contributed by atoms with van der Waals surface area (Å²) in [7, 11) is 4.55. The van der Waals surface area contributed by atoms with Crippen molar-refractivity contribution in [3.05, 3.63) is 66.9 Å². The van der Waals surface area contributed by atoms with E-state index in [4.69, 9.17) is 0 Å². The topological polar surface area (TPSA) is 3.24 Å². The highest BCUT2D eigenvalue weighted by atomic mass is 31.0. The fourth-order valence-electron chi connectivity index (χ4n) is 1.28. The zero-order valence-corrected chi connectivity index (χ0v) is 14.1. The highest BCUT2D eigenvalue weighted by Crippen LogP contribution is 2.25. The van der Waals surface area contributed by atoms with E-state index in [0.717, 1.165) is 16.8 Å². The number of hydrogen-bond acceptors (Lipinski definition) is 1. The van der Waals surface area contributed by atoms with E-state index in [-0.39, 0.29) is 0 Å². The summed E-state index contributed by atoms with van der Waals surface area (Å²) in [5.74, 6) is 0. The first-order valence-electron chi connectivity index (χ1n) is 6.72. The molecule has 0 heterocycles. The fraction of sp³-hybridized carbons (Fsp3) is 0.294. The summed E-state index contributed by atoms with van der Waals surface area (Å²) in [6.07, 6.45) is 3.75. The molecule has 1 atom stereocenters. The monoisotopic (exact) mass is 277 g/mol. The third-order valence-corrected chi connectivity index (χ3v) is 2.42. The molecule has 0 bridgehead atoms. The Morgan fingerprint density at radius 2 is 1.58 bits per heavy atom. The molecular weight excluding hydrogens is 249 g/mol. The third-order valence-electron chi connectivity index (χ3n) is 2.11. The van der Waals surface area contributed by atoms with Gasteiger partial charge in [0, 0.05) is 18.3 Å². The summed E-state index contributed by atoms with van der Waals surface area (Å²) < 4.78 is 1.92. The first-order chi connectivity index (χ1) is 9.16. The summed E-state index contributed by atoms with van der Waals surface area (Å²) in [4.78, 5) is 0. The van der Waals surface area contributed by atoms with Crippen molar-refractivity contribution < 1.29 is 0 Å². The normalized spacial score (nSPS) is 9.26. The second-order valence-corrected chi connectivity index (χ2v) is 4.01. The quantitative estimate of drug-likeness (QED) is 0.515. The standard InChI is InChI=1S/C13H16NP.2C2H6/c1-4-8-13(11(2)14(3)15)12-9-6-5-7-10-12;2*1-2/h4-10H,1-2,15H2,3H3;2*1-2H3/b13-8+;;. The number of benzene rings is 1. The molecule has 0 saturated heterocycles. The van der Waals surface area contributed by atoms with Crippen LogP contribution in [0.3, 0.4) is 0 Å². The number of rotatable bonds is 4. The molecule has 1 nitrogen and oxygen atoms in total. The largest absolute Gasteiger partial charge is 0.359 e. The highest BCUT2D eigenvalue weighted by molar-refractivity contribution is 7.13. The van der Waals surface area contributed by atoms with Crippen molar-refractivity contribution in [2.45, 2.75) is 27.7 Å². The van der Waals surface area contributed by atoms with E-state index in [9.17, 15) is 0 Å². The Morgan fingerprint density at radius 1 is 1.11 bits per heavy atom. The molecule has 0 saturated carbocycles. The van der Waals surface area contributed by atoms with Crippen LogP contribution in [-0.2, 0) is 0 Å². The van der Waals surface area contributed by atoms with Gasteiger partial charge in [-0.1, -0.05) is 83.3 Å². The Kier molecular flexibility index (Phi) is 13.8. The van der Waals surface area contributed by atoms with Gasteiger partial charge in [-0.25, -0.2) is 0 Å². The molecule has 2 heteroatoms. The maximum Gasteiger partial charge on any atom is 0.0398 e. The van der Waals surface area contributed by atoms with Crippen LogP contribution in [-0.4, -0.2) is 11.7 Å². The van der Waals surface area contributed by atoms with Crippen molar-refractivity contribution in [3.63, 3.8) is 0 Å². The van der Waals surface area contributed by atoms with Crippen LogP contribution in [0.25, 0.3) is 5.57 Å². The molecule has 0 amide bonds.